The maximum absolute atomic E-state index is 14.9. The summed E-state index contributed by atoms with van der Waals surface area (Å²) in [7, 11) is 0. The van der Waals surface area contributed by atoms with E-state index in [1.165, 1.54) is 23.2 Å². The quantitative estimate of drug-likeness (QED) is 0.305. The molecule has 3 heterocycles. The fraction of sp³-hybridized carbons (Fsp3) is 0.261. The average molecular weight is 529 g/mol. The minimum atomic E-state index is -4.86. The van der Waals surface area contributed by atoms with Gasteiger partial charge >= 0.3 is 6.18 Å². The summed E-state index contributed by atoms with van der Waals surface area (Å²) in [4.78, 5) is 36.6. The summed E-state index contributed by atoms with van der Waals surface area (Å²) in [5.74, 6) is -0.977. The van der Waals surface area contributed by atoms with Gasteiger partial charge in [-0.1, -0.05) is 0 Å². The first kappa shape index (κ1) is 26.2. The Labute approximate surface area is 211 Å². The molecule has 4 N–H and O–H groups in total. The second kappa shape index (κ2) is 10.2. The molecule has 0 bridgehead atoms. The average Bonchev–Trinajstić information content (AvgIpc) is 2.84. The van der Waals surface area contributed by atoms with Crippen LogP contribution in [0.5, 0.6) is 0 Å². The van der Waals surface area contributed by atoms with Crippen molar-refractivity contribution in [2.24, 2.45) is 0 Å². The van der Waals surface area contributed by atoms with Gasteiger partial charge in [-0.2, -0.15) is 23.5 Å². The van der Waals surface area contributed by atoms with E-state index in [0.29, 0.717) is 12.8 Å². The zero-order chi connectivity index (χ0) is 27.6. The number of fused-ring (bicyclic) bond motifs is 1. The lowest BCUT2D eigenvalue weighted by molar-refractivity contribution is -0.138. The number of nitriles is 1. The van der Waals surface area contributed by atoms with Crippen LogP contribution in [0.25, 0.3) is 22.3 Å². The number of benzene rings is 1. The SMILES string of the molecule is C[C@@H](CCCn1cnc2cc(-c3ncc(C#N)c(N)n3)c(F)cc2c1=O)Nc1cn[nH]c(=O)c1C(F)(F)F. The van der Waals surface area contributed by atoms with Gasteiger partial charge in [-0.15, -0.1) is 0 Å². The number of alkyl halides is 3. The highest BCUT2D eigenvalue weighted by molar-refractivity contribution is 5.82. The van der Waals surface area contributed by atoms with Gasteiger partial charge in [0.15, 0.2) is 5.82 Å². The zero-order valence-electron chi connectivity index (χ0n) is 19.7. The van der Waals surface area contributed by atoms with Crippen molar-refractivity contribution in [3.05, 3.63) is 68.5 Å². The summed E-state index contributed by atoms with van der Waals surface area (Å²) in [6.07, 6.45) is -0.841. The van der Waals surface area contributed by atoms with Crippen molar-refractivity contribution < 1.29 is 17.6 Å². The van der Waals surface area contributed by atoms with E-state index in [4.69, 9.17) is 11.0 Å². The Bertz CT molecular complexity index is 1680. The number of nitrogens with two attached hydrogens (primary N) is 1. The highest BCUT2D eigenvalue weighted by Crippen LogP contribution is 2.32. The van der Waals surface area contributed by atoms with E-state index in [-0.39, 0.29) is 40.2 Å². The number of aromatic amines is 1. The third-order valence-corrected chi connectivity index (χ3v) is 5.67. The molecular weight excluding hydrogens is 510 g/mol. The maximum atomic E-state index is 14.9. The second-order valence-corrected chi connectivity index (χ2v) is 8.37. The Morgan fingerprint density at radius 3 is 2.68 bits per heavy atom. The van der Waals surface area contributed by atoms with E-state index in [0.717, 1.165) is 12.3 Å². The van der Waals surface area contributed by atoms with Crippen LogP contribution in [0.4, 0.5) is 29.1 Å². The molecule has 0 amide bonds. The molecule has 0 unspecified atom stereocenters. The standard InChI is InChI=1S/C23H19F4N9O2/c1-11(33-17-9-32-35-21(37)18(17)23(25,26)27)3-2-4-36-10-31-16-6-13(15(24)5-14(16)22(36)38)20-30-8-12(7-28)19(29)34-20/h5-6,8-11H,2-4H2,1H3,(H2,29,30,34)(H2,33,35,37)/t11-/m0/s1. The lowest BCUT2D eigenvalue weighted by atomic mass is 10.1. The number of H-pyrrole nitrogens is 1. The Morgan fingerprint density at radius 2 is 2.00 bits per heavy atom. The first-order valence-electron chi connectivity index (χ1n) is 11.1. The molecule has 1 atom stereocenters. The van der Waals surface area contributed by atoms with Gasteiger partial charge in [0.2, 0.25) is 0 Å². The van der Waals surface area contributed by atoms with Crippen LogP contribution in [0.3, 0.4) is 0 Å². The summed E-state index contributed by atoms with van der Waals surface area (Å²) in [5, 5.41) is 16.8. The predicted molar refractivity (Wildman–Crippen MR) is 128 cm³/mol. The lowest BCUT2D eigenvalue weighted by Gasteiger charge is -2.18. The number of halogens is 4. The number of aryl methyl sites for hydroxylation is 1. The molecule has 196 valence electrons. The molecule has 0 aliphatic rings. The summed E-state index contributed by atoms with van der Waals surface area (Å²) in [6.45, 7) is 1.78. The lowest BCUT2D eigenvalue weighted by Crippen LogP contribution is -2.27. The first-order chi connectivity index (χ1) is 18.0. The Morgan fingerprint density at radius 1 is 1.24 bits per heavy atom. The molecule has 0 fully saturated rings. The minimum absolute atomic E-state index is 0.00550. The summed E-state index contributed by atoms with van der Waals surface area (Å²) < 4.78 is 55.8. The Balaban J connectivity index is 1.49. The monoisotopic (exact) mass is 529 g/mol. The number of hydrogen-bond donors (Lipinski definition) is 3. The fourth-order valence-electron chi connectivity index (χ4n) is 3.82. The number of aromatic nitrogens is 6. The Kier molecular flexibility index (Phi) is 7.06. The topological polar surface area (TPSA) is 168 Å². The van der Waals surface area contributed by atoms with E-state index in [1.54, 1.807) is 12.0 Å². The van der Waals surface area contributed by atoms with Crippen LogP contribution in [0.2, 0.25) is 0 Å². The van der Waals surface area contributed by atoms with Crippen LogP contribution in [-0.2, 0) is 12.7 Å². The fourth-order valence-corrected chi connectivity index (χ4v) is 3.82. The van der Waals surface area contributed by atoms with Crippen molar-refractivity contribution >= 4 is 22.4 Å². The summed E-state index contributed by atoms with van der Waals surface area (Å²) in [6, 6.07) is 3.63. The summed E-state index contributed by atoms with van der Waals surface area (Å²) in [5.41, 5.74) is 2.17. The minimum Gasteiger partial charge on any atom is -0.382 e. The van der Waals surface area contributed by atoms with Crippen molar-refractivity contribution in [1.29, 1.82) is 5.26 Å². The van der Waals surface area contributed by atoms with Gasteiger partial charge < -0.3 is 11.1 Å². The van der Waals surface area contributed by atoms with Gasteiger partial charge in [0.05, 0.1) is 40.9 Å². The van der Waals surface area contributed by atoms with Crippen LogP contribution >= 0.6 is 0 Å². The molecule has 1 aromatic carbocycles. The third kappa shape index (κ3) is 5.28. The number of nitrogens with zero attached hydrogens (tertiary/aromatic N) is 6. The van der Waals surface area contributed by atoms with Crippen molar-refractivity contribution in [3.8, 4) is 17.5 Å². The molecule has 0 aliphatic heterocycles. The van der Waals surface area contributed by atoms with Gasteiger partial charge in [-0.3, -0.25) is 14.2 Å². The first-order valence-corrected chi connectivity index (χ1v) is 11.1. The molecule has 3 aromatic heterocycles. The third-order valence-electron chi connectivity index (χ3n) is 5.67. The molecule has 15 heteroatoms. The van der Waals surface area contributed by atoms with Gasteiger partial charge in [0.25, 0.3) is 11.1 Å². The maximum Gasteiger partial charge on any atom is 0.423 e. The molecule has 0 aliphatic carbocycles. The summed E-state index contributed by atoms with van der Waals surface area (Å²) >= 11 is 0. The van der Waals surface area contributed by atoms with Gasteiger partial charge in [-0.05, 0) is 31.9 Å². The largest absolute Gasteiger partial charge is 0.423 e. The molecule has 38 heavy (non-hydrogen) atoms. The highest BCUT2D eigenvalue weighted by Gasteiger charge is 2.37. The zero-order valence-corrected chi connectivity index (χ0v) is 19.7. The molecule has 4 aromatic rings. The predicted octanol–water partition coefficient (Wildman–Crippen LogP) is 2.83. The highest BCUT2D eigenvalue weighted by atomic mass is 19.4. The smallest absolute Gasteiger partial charge is 0.382 e. The molecule has 0 radical (unpaired) electrons. The molecule has 11 nitrogen and oxygen atoms in total. The molecule has 4 rings (SSSR count). The van der Waals surface area contributed by atoms with E-state index in [9.17, 15) is 27.2 Å². The number of rotatable bonds is 7. The molecule has 0 saturated heterocycles. The van der Waals surface area contributed by atoms with Gasteiger partial charge in [0, 0.05) is 12.6 Å². The normalized spacial score (nSPS) is 12.3. The molecule has 0 saturated carbocycles. The van der Waals surface area contributed by atoms with Gasteiger partial charge in [-0.25, -0.2) is 24.4 Å². The Hall–Kier alpha value is -4.87. The number of anilines is 2. The number of hydrogen-bond acceptors (Lipinski definition) is 9. The van der Waals surface area contributed by atoms with Crippen molar-refractivity contribution in [2.45, 2.75) is 38.5 Å². The second-order valence-electron chi connectivity index (χ2n) is 8.37. The van der Waals surface area contributed by atoms with Crippen molar-refractivity contribution in [2.75, 3.05) is 11.1 Å². The number of nitrogens with one attached hydrogen (secondary N) is 2. The van der Waals surface area contributed by atoms with Crippen LogP contribution in [0.1, 0.15) is 30.9 Å². The van der Waals surface area contributed by atoms with Gasteiger partial charge in [0.1, 0.15) is 28.8 Å². The van der Waals surface area contributed by atoms with E-state index in [2.05, 4.69) is 25.4 Å². The van der Waals surface area contributed by atoms with Crippen LogP contribution in [-0.4, -0.2) is 35.8 Å². The van der Waals surface area contributed by atoms with E-state index in [1.807, 2.05) is 6.07 Å². The van der Waals surface area contributed by atoms with E-state index < -0.39 is 40.4 Å². The van der Waals surface area contributed by atoms with Crippen LogP contribution < -0.4 is 22.2 Å². The number of nitrogen functional groups attached to an aromatic ring is 1. The van der Waals surface area contributed by atoms with Crippen molar-refractivity contribution in [3.63, 3.8) is 0 Å². The molecule has 0 spiro atoms. The van der Waals surface area contributed by atoms with Crippen LogP contribution in [0.15, 0.2) is 40.4 Å². The molecular formula is C23H19F4N9O2. The van der Waals surface area contributed by atoms with E-state index >= 15 is 0 Å². The van der Waals surface area contributed by atoms with Crippen LogP contribution in [0, 0.1) is 17.1 Å². The van der Waals surface area contributed by atoms with Crippen molar-refractivity contribution in [1.82, 2.24) is 29.7 Å².